The number of halogens is 1. The second kappa shape index (κ2) is 4.63. The van der Waals surface area contributed by atoms with Gasteiger partial charge in [0.25, 0.3) is 0 Å². The molecule has 1 saturated carbocycles. The van der Waals surface area contributed by atoms with Crippen LogP contribution in [0.4, 0.5) is 4.39 Å². The van der Waals surface area contributed by atoms with Crippen LogP contribution in [0.3, 0.4) is 0 Å². The van der Waals surface area contributed by atoms with Crippen molar-refractivity contribution in [3.8, 4) is 0 Å². The predicted molar refractivity (Wildman–Crippen MR) is 55.7 cm³/mol. The molecular formula is C12H18FN. The molecular weight excluding hydrogens is 177 g/mol. The molecule has 14 heavy (non-hydrogen) atoms. The molecule has 1 nitrogen and oxygen atoms in total. The Balaban J connectivity index is 2.00. The summed E-state index contributed by atoms with van der Waals surface area (Å²) in [5.41, 5.74) is 0. The van der Waals surface area contributed by atoms with Gasteiger partial charge in [-0.2, -0.15) is 0 Å². The van der Waals surface area contributed by atoms with Gasteiger partial charge < -0.3 is 4.57 Å². The smallest absolute Gasteiger partial charge is 0.140 e. The molecule has 1 fully saturated rings. The van der Waals surface area contributed by atoms with E-state index in [1.165, 1.54) is 44.9 Å². The third kappa shape index (κ3) is 2.37. The van der Waals surface area contributed by atoms with Gasteiger partial charge in [-0.1, -0.05) is 32.1 Å². The Hall–Kier alpha value is -0.790. The van der Waals surface area contributed by atoms with Crippen LogP contribution in [0.1, 0.15) is 51.0 Å². The Bertz CT molecular complexity index is 272. The zero-order valence-electron chi connectivity index (χ0n) is 8.58. The molecule has 0 N–H and O–H groups in total. The molecule has 1 aromatic heterocycles. The van der Waals surface area contributed by atoms with Gasteiger partial charge in [-0.05, 0) is 18.9 Å². The van der Waals surface area contributed by atoms with Gasteiger partial charge in [0, 0.05) is 18.4 Å². The van der Waals surface area contributed by atoms with E-state index in [0.29, 0.717) is 6.04 Å². The molecule has 1 aliphatic rings. The molecule has 1 aromatic rings. The highest BCUT2D eigenvalue weighted by atomic mass is 19.1. The molecule has 2 rings (SSSR count). The van der Waals surface area contributed by atoms with E-state index in [4.69, 9.17) is 0 Å². The van der Waals surface area contributed by atoms with Crippen molar-refractivity contribution in [2.24, 2.45) is 0 Å². The van der Waals surface area contributed by atoms with E-state index in [1.807, 2.05) is 6.20 Å². The molecule has 0 aromatic carbocycles. The van der Waals surface area contributed by atoms with Crippen LogP contribution in [0.2, 0.25) is 0 Å². The van der Waals surface area contributed by atoms with Crippen LogP contribution in [-0.4, -0.2) is 4.57 Å². The number of aromatic nitrogens is 1. The summed E-state index contributed by atoms with van der Waals surface area (Å²) in [5, 5.41) is 0. The molecule has 0 bridgehead atoms. The third-order valence-electron chi connectivity index (χ3n) is 3.17. The zero-order chi connectivity index (χ0) is 9.80. The molecule has 0 spiro atoms. The topological polar surface area (TPSA) is 4.93 Å². The maximum absolute atomic E-state index is 12.8. The molecule has 0 saturated heterocycles. The maximum Gasteiger partial charge on any atom is 0.140 e. The predicted octanol–water partition coefficient (Wildman–Crippen LogP) is 3.91. The summed E-state index contributed by atoms with van der Waals surface area (Å²) in [4.78, 5) is 0. The Morgan fingerprint density at radius 3 is 2.29 bits per heavy atom. The summed E-state index contributed by atoms with van der Waals surface area (Å²) in [7, 11) is 0. The average Bonchev–Trinajstić information content (AvgIpc) is 2.51. The first kappa shape index (κ1) is 9.75. The van der Waals surface area contributed by atoms with Crippen LogP contribution in [-0.2, 0) is 0 Å². The lowest BCUT2D eigenvalue weighted by Crippen LogP contribution is -2.08. The quantitative estimate of drug-likeness (QED) is 0.640. The van der Waals surface area contributed by atoms with E-state index in [-0.39, 0.29) is 5.82 Å². The van der Waals surface area contributed by atoms with Gasteiger partial charge in [0.1, 0.15) is 5.82 Å². The normalized spacial score (nSPS) is 20.4. The molecule has 78 valence electrons. The Labute approximate surface area is 84.9 Å². The fourth-order valence-corrected chi connectivity index (χ4v) is 2.35. The van der Waals surface area contributed by atoms with Crippen molar-refractivity contribution < 1.29 is 4.39 Å². The summed E-state index contributed by atoms with van der Waals surface area (Å²) >= 11 is 0. The average molecular weight is 195 g/mol. The van der Waals surface area contributed by atoms with Crippen LogP contribution in [0.25, 0.3) is 0 Å². The van der Waals surface area contributed by atoms with Crippen molar-refractivity contribution in [3.05, 3.63) is 24.3 Å². The summed E-state index contributed by atoms with van der Waals surface area (Å²) in [6, 6.07) is 2.10. The summed E-state index contributed by atoms with van der Waals surface area (Å²) in [6.45, 7) is 0. The minimum atomic E-state index is -0.105. The Morgan fingerprint density at radius 2 is 1.71 bits per heavy atom. The minimum absolute atomic E-state index is 0.105. The van der Waals surface area contributed by atoms with Crippen LogP contribution in [0.15, 0.2) is 18.5 Å². The zero-order valence-corrected chi connectivity index (χ0v) is 8.58. The van der Waals surface area contributed by atoms with Crippen molar-refractivity contribution in [2.75, 3.05) is 0 Å². The highest BCUT2D eigenvalue weighted by Gasteiger charge is 2.12. The van der Waals surface area contributed by atoms with Gasteiger partial charge in [0.15, 0.2) is 0 Å². The van der Waals surface area contributed by atoms with Gasteiger partial charge in [0.2, 0.25) is 0 Å². The lowest BCUT2D eigenvalue weighted by molar-refractivity contribution is 0.371. The lowest BCUT2D eigenvalue weighted by atomic mass is 9.97. The summed E-state index contributed by atoms with van der Waals surface area (Å²) in [6.07, 6.45) is 12.6. The van der Waals surface area contributed by atoms with E-state index in [9.17, 15) is 4.39 Å². The molecule has 0 radical (unpaired) electrons. The number of hydrogen-bond donors (Lipinski definition) is 0. The molecule has 0 atom stereocenters. The van der Waals surface area contributed by atoms with E-state index in [1.54, 1.807) is 12.3 Å². The monoisotopic (exact) mass is 195 g/mol. The fraction of sp³-hybridized carbons (Fsp3) is 0.667. The molecule has 1 aliphatic carbocycles. The largest absolute Gasteiger partial charge is 0.348 e. The fourth-order valence-electron chi connectivity index (χ4n) is 2.35. The molecule has 0 aliphatic heterocycles. The Kier molecular flexibility index (Phi) is 3.22. The second-order valence-corrected chi connectivity index (χ2v) is 4.28. The second-order valence-electron chi connectivity index (χ2n) is 4.28. The van der Waals surface area contributed by atoms with E-state index >= 15 is 0 Å². The molecule has 0 amide bonds. The van der Waals surface area contributed by atoms with Crippen LogP contribution >= 0.6 is 0 Å². The van der Waals surface area contributed by atoms with Crippen molar-refractivity contribution in [2.45, 2.75) is 51.0 Å². The highest BCUT2D eigenvalue weighted by Crippen LogP contribution is 2.26. The van der Waals surface area contributed by atoms with E-state index < -0.39 is 0 Å². The molecule has 2 heteroatoms. The van der Waals surface area contributed by atoms with Crippen LogP contribution in [0.5, 0.6) is 0 Å². The lowest BCUT2D eigenvalue weighted by Gasteiger charge is -2.21. The molecule has 0 unspecified atom stereocenters. The van der Waals surface area contributed by atoms with Crippen LogP contribution in [0, 0.1) is 5.82 Å². The molecule has 1 heterocycles. The van der Waals surface area contributed by atoms with Crippen molar-refractivity contribution in [1.29, 1.82) is 0 Å². The highest BCUT2D eigenvalue weighted by molar-refractivity contribution is 4.96. The third-order valence-corrected chi connectivity index (χ3v) is 3.17. The number of nitrogens with zero attached hydrogens (tertiary/aromatic N) is 1. The first-order valence-corrected chi connectivity index (χ1v) is 5.69. The summed E-state index contributed by atoms with van der Waals surface area (Å²) < 4.78 is 14.9. The Morgan fingerprint density at radius 1 is 1.07 bits per heavy atom. The van der Waals surface area contributed by atoms with Crippen molar-refractivity contribution in [1.82, 2.24) is 4.57 Å². The number of hydrogen-bond acceptors (Lipinski definition) is 0. The van der Waals surface area contributed by atoms with Gasteiger partial charge >= 0.3 is 0 Å². The SMILES string of the molecule is Fc1ccn(C2CCCCCCC2)c1. The maximum atomic E-state index is 12.8. The van der Waals surface area contributed by atoms with Crippen molar-refractivity contribution in [3.63, 3.8) is 0 Å². The van der Waals surface area contributed by atoms with Gasteiger partial charge in [-0.3, -0.25) is 0 Å². The first-order valence-electron chi connectivity index (χ1n) is 5.69. The van der Waals surface area contributed by atoms with Gasteiger partial charge in [0.05, 0.1) is 0 Å². The van der Waals surface area contributed by atoms with Gasteiger partial charge in [-0.15, -0.1) is 0 Å². The van der Waals surface area contributed by atoms with E-state index in [2.05, 4.69) is 4.57 Å². The first-order chi connectivity index (χ1) is 6.86. The number of rotatable bonds is 1. The van der Waals surface area contributed by atoms with Crippen LogP contribution < -0.4 is 0 Å². The summed E-state index contributed by atoms with van der Waals surface area (Å²) in [5.74, 6) is -0.105. The minimum Gasteiger partial charge on any atom is -0.348 e. The standard InChI is InChI=1S/C12H18FN/c13-11-8-9-14(10-11)12-6-4-2-1-3-5-7-12/h8-10,12H,1-7H2. The van der Waals surface area contributed by atoms with E-state index in [0.717, 1.165) is 0 Å². The van der Waals surface area contributed by atoms with Gasteiger partial charge in [-0.25, -0.2) is 4.39 Å². The van der Waals surface area contributed by atoms with Crippen molar-refractivity contribution >= 4 is 0 Å².